The minimum atomic E-state index is -0.971. The average Bonchev–Trinajstić information content (AvgIpc) is 3.05. The van der Waals surface area contributed by atoms with Crippen molar-refractivity contribution >= 4 is 28.7 Å². The van der Waals surface area contributed by atoms with E-state index in [1.807, 2.05) is 18.2 Å². The second kappa shape index (κ2) is 7.09. The zero-order valence-electron chi connectivity index (χ0n) is 13.9. The first-order chi connectivity index (χ1) is 12.1. The molecular formula is C19H17NO5. The molecule has 0 radical (unpaired) electrons. The van der Waals surface area contributed by atoms with Crippen LogP contribution in [0.15, 0.2) is 46.9 Å². The van der Waals surface area contributed by atoms with Crippen molar-refractivity contribution in [1.82, 2.24) is 4.98 Å². The molecule has 25 heavy (non-hydrogen) atoms. The summed E-state index contributed by atoms with van der Waals surface area (Å²) in [5.41, 5.74) is 2.44. The summed E-state index contributed by atoms with van der Waals surface area (Å²) in [5.74, 6) is 0.524. The quantitative estimate of drug-likeness (QED) is 0.734. The summed E-state index contributed by atoms with van der Waals surface area (Å²) in [6.45, 7) is 0. The van der Waals surface area contributed by atoms with Crippen LogP contribution in [0, 0.1) is 0 Å². The van der Waals surface area contributed by atoms with Crippen molar-refractivity contribution in [2.75, 3.05) is 14.2 Å². The molecule has 6 heteroatoms. The van der Waals surface area contributed by atoms with Crippen LogP contribution in [0.1, 0.15) is 17.9 Å². The summed E-state index contributed by atoms with van der Waals surface area (Å²) in [7, 11) is 3.11. The highest BCUT2D eigenvalue weighted by atomic mass is 16.5. The van der Waals surface area contributed by atoms with Crippen molar-refractivity contribution in [2.45, 2.75) is 6.42 Å². The first-order valence-corrected chi connectivity index (χ1v) is 7.61. The van der Waals surface area contributed by atoms with Crippen LogP contribution in [-0.4, -0.2) is 30.3 Å². The summed E-state index contributed by atoms with van der Waals surface area (Å²) >= 11 is 0. The number of nitrogens with zero attached hydrogens (tertiary/aromatic N) is 1. The number of fused-ring (bicyclic) bond motifs is 1. The highest BCUT2D eigenvalue weighted by molar-refractivity contribution is 5.91. The lowest BCUT2D eigenvalue weighted by molar-refractivity contribution is -0.135. The number of methoxy groups -OCH3 is 2. The van der Waals surface area contributed by atoms with Gasteiger partial charge in [0.25, 0.3) is 0 Å². The van der Waals surface area contributed by atoms with Gasteiger partial charge in [-0.15, -0.1) is 0 Å². The molecule has 0 amide bonds. The molecule has 1 heterocycles. The van der Waals surface area contributed by atoms with Crippen molar-refractivity contribution in [3.05, 3.63) is 53.9 Å². The minimum absolute atomic E-state index is 0.220. The smallest absolute Gasteiger partial charge is 0.308 e. The molecule has 1 N–H and O–H groups in total. The molecule has 3 aromatic rings. The standard InChI is InChI=1S/C19H17NO5/c1-23-14-8-7-12(17(11-14)24-2)9-13(10-18(21)22)19-20-15-5-3-4-6-16(15)25-19/h3-9,11H,10H2,1-2H3,(H,21,22)/b13-9+. The normalized spacial score (nSPS) is 11.5. The van der Waals surface area contributed by atoms with Gasteiger partial charge in [0.15, 0.2) is 5.58 Å². The number of para-hydroxylation sites is 2. The van der Waals surface area contributed by atoms with Crippen LogP contribution in [-0.2, 0) is 4.79 Å². The fourth-order valence-electron chi connectivity index (χ4n) is 2.49. The van der Waals surface area contributed by atoms with E-state index in [4.69, 9.17) is 13.9 Å². The van der Waals surface area contributed by atoms with Gasteiger partial charge in [0.1, 0.15) is 17.0 Å². The van der Waals surface area contributed by atoms with Crippen LogP contribution in [0.5, 0.6) is 11.5 Å². The Hall–Kier alpha value is -3.28. The molecule has 0 unspecified atom stereocenters. The van der Waals surface area contributed by atoms with Gasteiger partial charge in [0.05, 0.1) is 20.6 Å². The molecule has 0 spiro atoms. The minimum Gasteiger partial charge on any atom is -0.497 e. The fourth-order valence-corrected chi connectivity index (χ4v) is 2.49. The molecule has 0 saturated heterocycles. The van der Waals surface area contributed by atoms with Gasteiger partial charge in [-0.1, -0.05) is 12.1 Å². The van der Waals surface area contributed by atoms with Gasteiger partial charge in [-0.05, 0) is 30.3 Å². The summed E-state index contributed by atoms with van der Waals surface area (Å²) in [4.78, 5) is 15.7. The third-order valence-electron chi connectivity index (χ3n) is 3.68. The number of oxazole rings is 1. The monoisotopic (exact) mass is 339 g/mol. The summed E-state index contributed by atoms with van der Waals surface area (Å²) in [5, 5.41) is 9.25. The third-order valence-corrected chi connectivity index (χ3v) is 3.68. The maximum absolute atomic E-state index is 11.3. The number of hydrogen-bond donors (Lipinski definition) is 1. The lowest BCUT2D eigenvalue weighted by atomic mass is 10.1. The van der Waals surface area contributed by atoms with E-state index < -0.39 is 5.97 Å². The van der Waals surface area contributed by atoms with Crippen molar-refractivity contribution in [1.29, 1.82) is 0 Å². The van der Waals surface area contributed by atoms with E-state index in [0.29, 0.717) is 33.7 Å². The van der Waals surface area contributed by atoms with Crippen molar-refractivity contribution in [2.24, 2.45) is 0 Å². The Balaban J connectivity index is 2.09. The van der Waals surface area contributed by atoms with Gasteiger partial charge in [0.2, 0.25) is 5.89 Å². The molecule has 0 aliphatic heterocycles. The van der Waals surface area contributed by atoms with Crippen molar-refractivity contribution in [3.63, 3.8) is 0 Å². The third kappa shape index (κ3) is 3.63. The lowest BCUT2D eigenvalue weighted by Crippen LogP contribution is -1.98. The van der Waals surface area contributed by atoms with Gasteiger partial charge < -0.3 is 19.0 Å². The van der Waals surface area contributed by atoms with Gasteiger partial charge in [0, 0.05) is 17.2 Å². The molecule has 0 saturated carbocycles. The fraction of sp³-hybridized carbons (Fsp3) is 0.158. The van der Waals surface area contributed by atoms with Crippen LogP contribution in [0.2, 0.25) is 0 Å². The molecule has 6 nitrogen and oxygen atoms in total. The van der Waals surface area contributed by atoms with Gasteiger partial charge in [-0.3, -0.25) is 4.79 Å². The number of ether oxygens (including phenoxy) is 2. The lowest BCUT2D eigenvalue weighted by Gasteiger charge is -2.08. The Morgan fingerprint density at radius 3 is 2.68 bits per heavy atom. The first kappa shape index (κ1) is 16.6. The SMILES string of the molecule is COc1ccc(/C=C(\CC(=O)O)c2nc3ccccc3o2)c(OC)c1. The van der Waals surface area contributed by atoms with Crippen LogP contribution in [0.25, 0.3) is 22.7 Å². The topological polar surface area (TPSA) is 81.8 Å². The van der Waals surface area contributed by atoms with Crippen LogP contribution in [0.3, 0.4) is 0 Å². The second-order valence-electron chi connectivity index (χ2n) is 5.33. The van der Waals surface area contributed by atoms with E-state index in [1.54, 1.807) is 44.6 Å². The molecule has 0 aliphatic rings. The van der Waals surface area contributed by atoms with Crippen molar-refractivity contribution in [3.8, 4) is 11.5 Å². The Morgan fingerprint density at radius 1 is 1.20 bits per heavy atom. The Kier molecular flexibility index (Phi) is 4.70. The van der Waals surface area contributed by atoms with Crippen LogP contribution >= 0.6 is 0 Å². The van der Waals surface area contributed by atoms with E-state index in [9.17, 15) is 9.90 Å². The number of aliphatic carboxylic acids is 1. The molecule has 0 atom stereocenters. The zero-order valence-corrected chi connectivity index (χ0v) is 13.9. The number of aromatic nitrogens is 1. The zero-order chi connectivity index (χ0) is 17.8. The number of rotatable bonds is 6. The summed E-state index contributed by atoms with van der Waals surface area (Å²) in [6.07, 6.45) is 1.49. The van der Waals surface area contributed by atoms with E-state index >= 15 is 0 Å². The summed E-state index contributed by atoms with van der Waals surface area (Å²) in [6, 6.07) is 12.6. The number of carbonyl (C=O) groups is 1. The van der Waals surface area contributed by atoms with E-state index in [1.165, 1.54) is 0 Å². The average molecular weight is 339 g/mol. The predicted molar refractivity (Wildman–Crippen MR) is 93.7 cm³/mol. The molecule has 0 fully saturated rings. The number of carboxylic acid groups (broad SMARTS) is 1. The van der Waals surface area contributed by atoms with E-state index in [0.717, 1.165) is 0 Å². The highest BCUT2D eigenvalue weighted by Crippen LogP contribution is 2.30. The largest absolute Gasteiger partial charge is 0.497 e. The molecule has 0 aliphatic carbocycles. The maximum Gasteiger partial charge on any atom is 0.308 e. The highest BCUT2D eigenvalue weighted by Gasteiger charge is 2.15. The molecule has 1 aromatic heterocycles. The molecule has 2 aromatic carbocycles. The predicted octanol–water partition coefficient (Wildman–Crippen LogP) is 3.86. The molecular weight excluding hydrogens is 322 g/mol. The first-order valence-electron chi connectivity index (χ1n) is 7.61. The summed E-state index contributed by atoms with van der Waals surface area (Å²) < 4.78 is 16.3. The Bertz CT molecular complexity index is 909. The number of benzene rings is 2. The van der Waals surface area contributed by atoms with Gasteiger partial charge >= 0.3 is 5.97 Å². The Morgan fingerprint density at radius 2 is 2.00 bits per heavy atom. The molecule has 128 valence electrons. The van der Waals surface area contributed by atoms with Gasteiger partial charge in [-0.2, -0.15) is 0 Å². The Labute approximate surface area is 144 Å². The molecule has 3 rings (SSSR count). The molecule has 0 bridgehead atoms. The van der Waals surface area contributed by atoms with E-state index in [2.05, 4.69) is 4.98 Å². The second-order valence-corrected chi connectivity index (χ2v) is 5.33. The van der Waals surface area contributed by atoms with Crippen molar-refractivity contribution < 1.29 is 23.8 Å². The maximum atomic E-state index is 11.3. The van der Waals surface area contributed by atoms with Gasteiger partial charge in [-0.25, -0.2) is 4.98 Å². The van der Waals surface area contributed by atoms with Crippen LogP contribution in [0.4, 0.5) is 0 Å². The number of carboxylic acids is 1. The number of hydrogen-bond acceptors (Lipinski definition) is 5. The van der Waals surface area contributed by atoms with E-state index in [-0.39, 0.29) is 12.3 Å². The van der Waals surface area contributed by atoms with Crippen LogP contribution < -0.4 is 9.47 Å².